The van der Waals surface area contributed by atoms with Crippen LogP contribution in [-0.2, 0) is 6.54 Å². The summed E-state index contributed by atoms with van der Waals surface area (Å²) in [5.41, 5.74) is 0.591. The van der Waals surface area contributed by atoms with Crippen LogP contribution in [0.5, 0.6) is 0 Å². The average Bonchev–Trinajstić information content (AvgIpc) is 3.02. The largest absolute Gasteiger partial charge is 0.477 e. The smallest absolute Gasteiger partial charge is 0.341 e. The Labute approximate surface area is 222 Å². The quantitative estimate of drug-likeness (QED) is 0.502. The summed E-state index contributed by atoms with van der Waals surface area (Å²) in [4.78, 5) is 42.5. The Morgan fingerprint density at radius 3 is 2.62 bits per heavy atom. The lowest BCUT2D eigenvalue weighted by molar-refractivity contribution is 0.0694. The molecule has 0 radical (unpaired) electrons. The van der Waals surface area contributed by atoms with E-state index in [1.54, 1.807) is 28.5 Å². The predicted octanol–water partition coefficient (Wildman–Crippen LogP) is 4.63. The molecular weight excluding hydrogens is 517 g/mol. The van der Waals surface area contributed by atoms with Crippen molar-refractivity contribution in [3.63, 3.8) is 0 Å². The third-order valence-corrected chi connectivity index (χ3v) is 8.54. The van der Waals surface area contributed by atoms with Crippen LogP contribution in [0, 0.1) is 11.7 Å². The lowest BCUT2D eigenvalue weighted by Crippen LogP contribution is -2.48. The third-order valence-electron chi connectivity index (χ3n) is 7.22. The van der Waals surface area contributed by atoms with Gasteiger partial charge in [-0.3, -0.25) is 14.5 Å². The summed E-state index contributed by atoms with van der Waals surface area (Å²) in [6.45, 7) is 5.46. The normalized spacial score (nSPS) is 18.6. The number of anilines is 1. The number of pyridine rings is 1. The number of aromatic carboxylic acids is 1. The van der Waals surface area contributed by atoms with Crippen molar-refractivity contribution in [3.8, 4) is 0 Å². The maximum absolute atomic E-state index is 15.2. The number of carbonyl (C=O) groups excluding carboxylic acids is 1. The van der Waals surface area contributed by atoms with Crippen LogP contribution in [0.15, 0.2) is 46.2 Å². The van der Waals surface area contributed by atoms with Crippen LogP contribution in [0.25, 0.3) is 10.9 Å². The van der Waals surface area contributed by atoms with Gasteiger partial charge in [0.25, 0.3) is 0 Å². The monoisotopic (exact) mass is 543 g/mol. The summed E-state index contributed by atoms with van der Waals surface area (Å²) < 4.78 is 16.8. The molecule has 1 N–H and O–H groups in total. The Kier molecular flexibility index (Phi) is 7.29. The van der Waals surface area contributed by atoms with Gasteiger partial charge in [-0.05, 0) is 49.4 Å². The number of carboxylic acids is 1. The minimum absolute atomic E-state index is 0.0629. The SMILES string of the molecule is CCn1cc(C(=O)O)c(=O)c2cc(F)c(N3CCN(CC4CCSc5cc(Cl)ccc5C4=O)CC3)cc21. The minimum atomic E-state index is -1.33. The first-order valence-corrected chi connectivity index (χ1v) is 13.7. The molecule has 0 bridgehead atoms. The van der Waals surface area contributed by atoms with Crippen LogP contribution in [0.3, 0.4) is 0 Å². The molecule has 3 heterocycles. The summed E-state index contributed by atoms with van der Waals surface area (Å²) in [5, 5.41) is 10.1. The zero-order valence-corrected chi connectivity index (χ0v) is 21.9. The maximum atomic E-state index is 15.2. The van der Waals surface area contributed by atoms with Crippen molar-refractivity contribution in [2.75, 3.05) is 43.4 Å². The summed E-state index contributed by atoms with van der Waals surface area (Å²) >= 11 is 7.79. The van der Waals surface area contributed by atoms with Crippen molar-refractivity contribution in [2.24, 2.45) is 5.92 Å². The Morgan fingerprint density at radius 1 is 1.16 bits per heavy atom. The third kappa shape index (κ3) is 5.00. The Balaban J connectivity index is 1.32. The molecule has 3 aromatic rings. The fourth-order valence-corrected chi connectivity index (χ4v) is 6.59. The number of ketones is 1. The van der Waals surface area contributed by atoms with E-state index in [1.165, 1.54) is 6.20 Å². The van der Waals surface area contributed by atoms with Crippen LogP contribution in [0.2, 0.25) is 5.02 Å². The maximum Gasteiger partial charge on any atom is 0.341 e. The van der Waals surface area contributed by atoms with E-state index in [2.05, 4.69) is 4.90 Å². The van der Waals surface area contributed by atoms with E-state index in [0.717, 1.165) is 28.7 Å². The fraction of sp³-hybridized carbons (Fsp3) is 0.370. The number of rotatable bonds is 5. The number of nitrogens with zero attached hydrogens (tertiary/aromatic N) is 3. The Hall–Kier alpha value is -2.88. The molecule has 1 aromatic heterocycles. The molecule has 1 fully saturated rings. The molecular formula is C27H27ClFN3O4S. The van der Waals surface area contributed by atoms with Crippen molar-refractivity contribution in [1.29, 1.82) is 0 Å². The molecule has 5 rings (SSSR count). The molecule has 2 aliphatic heterocycles. The second-order valence-corrected chi connectivity index (χ2v) is 11.0. The predicted molar refractivity (Wildman–Crippen MR) is 144 cm³/mol. The number of Topliss-reactive ketones (excluding diaryl/α,β-unsaturated/α-hetero) is 1. The topological polar surface area (TPSA) is 82.8 Å². The molecule has 1 atom stereocenters. The van der Waals surface area contributed by atoms with Crippen molar-refractivity contribution in [1.82, 2.24) is 9.47 Å². The first kappa shape index (κ1) is 25.8. The van der Waals surface area contributed by atoms with Gasteiger partial charge in [0.05, 0.1) is 11.2 Å². The lowest BCUT2D eigenvalue weighted by atomic mass is 9.94. The van der Waals surface area contributed by atoms with Crippen molar-refractivity contribution >= 4 is 51.7 Å². The molecule has 0 amide bonds. The molecule has 10 heteroatoms. The number of carbonyl (C=O) groups is 2. The number of hydrogen-bond donors (Lipinski definition) is 1. The highest BCUT2D eigenvalue weighted by Gasteiger charge is 2.30. The average molecular weight is 544 g/mol. The molecule has 0 aliphatic carbocycles. The Morgan fingerprint density at radius 2 is 1.92 bits per heavy atom. The number of aromatic nitrogens is 1. The molecule has 0 saturated carbocycles. The molecule has 1 saturated heterocycles. The number of benzene rings is 2. The molecule has 2 aromatic carbocycles. The number of fused-ring (bicyclic) bond motifs is 2. The van der Waals surface area contributed by atoms with Crippen LogP contribution in [-0.4, -0.2) is 64.8 Å². The van der Waals surface area contributed by atoms with Gasteiger partial charge >= 0.3 is 5.97 Å². The van der Waals surface area contributed by atoms with Crippen molar-refractivity contribution < 1.29 is 19.1 Å². The van der Waals surface area contributed by atoms with Gasteiger partial charge in [-0.2, -0.15) is 0 Å². The van der Waals surface area contributed by atoms with Crippen LogP contribution in [0.4, 0.5) is 10.1 Å². The second kappa shape index (κ2) is 10.5. The van der Waals surface area contributed by atoms with Gasteiger partial charge < -0.3 is 14.6 Å². The number of piperazine rings is 1. The van der Waals surface area contributed by atoms with Gasteiger partial charge in [-0.1, -0.05) is 11.6 Å². The Bertz CT molecular complexity index is 1450. The molecule has 1 unspecified atom stereocenters. The van der Waals surface area contributed by atoms with Crippen LogP contribution >= 0.6 is 23.4 Å². The highest BCUT2D eigenvalue weighted by atomic mass is 35.5. The number of hydrogen-bond acceptors (Lipinski definition) is 6. The zero-order chi connectivity index (χ0) is 26.3. The van der Waals surface area contributed by atoms with Gasteiger partial charge in [0.2, 0.25) is 5.43 Å². The summed E-state index contributed by atoms with van der Waals surface area (Å²) in [6, 6.07) is 8.24. The van der Waals surface area contributed by atoms with Gasteiger partial charge in [0.1, 0.15) is 11.4 Å². The highest BCUT2D eigenvalue weighted by Crippen LogP contribution is 2.34. The van der Waals surface area contributed by atoms with Crippen LogP contribution < -0.4 is 10.3 Å². The van der Waals surface area contributed by atoms with E-state index < -0.39 is 17.2 Å². The van der Waals surface area contributed by atoms with Crippen molar-refractivity contribution in [2.45, 2.75) is 24.8 Å². The second-order valence-electron chi connectivity index (χ2n) is 9.41. The number of aryl methyl sites for hydroxylation is 1. The number of carboxylic acid groups (broad SMARTS) is 1. The van der Waals surface area contributed by atoms with Crippen LogP contribution in [0.1, 0.15) is 34.1 Å². The number of thioether (sulfide) groups is 1. The summed E-state index contributed by atoms with van der Waals surface area (Å²) in [6.07, 6.45) is 2.11. The van der Waals surface area contributed by atoms with E-state index in [9.17, 15) is 19.5 Å². The standard InChI is InChI=1S/C27H27ClFN3O4S/c1-2-31-15-20(27(35)36)26(34)19-12-21(29)23(13-22(19)31)32-8-6-30(7-9-32)14-16-5-10-37-24-11-17(28)3-4-18(24)25(16)33/h3-4,11-13,15-16H,2,5-10,14H2,1H3,(H,35,36). The molecule has 7 nitrogen and oxygen atoms in total. The molecule has 194 valence electrons. The van der Waals surface area contributed by atoms with E-state index in [-0.39, 0.29) is 22.7 Å². The zero-order valence-electron chi connectivity index (χ0n) is 20.4. The van der Waals surface area contributed by atoms with E-state index in [0.29, 0.717) is 55.5 Å². The van der Waals surface area contributed by atoms with Gasteiger partial charge in [-0.15, -0.1) is 11.8 Å². The molecule has 37 heavy (non-hydrogen) atoms. The minimum Gasteiger partial charge on any atom is -0.477 e. The van der Waals surface area contributed by atoms with Gasteiger partial charge in [0.15, 0.2) is 5.78 Å². The van der Waals surface area contributed by atoms with Gasteiger partial charge in [-0.25, -0.2) is 9.18 Å². The van der Waals surface area contributed by atoms with Gasteiger partial charge in [0, 0.05) is 72.3 Å². The number of halogens is 2. The summed E-state index contributed by atoms with van der Waals surface area (Å²) in [7, 11) is 0. The van der Waals surface area contributed by atoms with E-state index in [4.69, 9.17) is 11.6 Å². The van der Waals surface area contributed by atoms with E-state index in [1.807, 2.05) is 24.0 Å². The molecule has 2 aliphatic rings. The fourth-order valence-electron chi connectivity index (χ4n) is 5.19. The lowest BCUT2D eigenvalue weighted by Gasteiger charge is -2.37. The highest BCUT2D eigenvalue weighted by molar-refractivity contribution is 7.99. The van der Waals surface area contributed by atoms with Crippen molar-refractivity contribution in [3.05, 3.63) is 68.7 Å². The first-order valence-electron chi connectivity index (χ1n) is 12.3. The first-order chi connectivity index (χ1) is 17.8. The summed E-state index contributed by atoms with van der Waals surface area (Å²) in [5.74, 6) is -0.962. The molecule has 0 spiro atoms. The van der Waals surface area contributed by atoms with E-state index >= 15 is 4.39 Å².